The van der Waals surface area contributed by atoms with Crippen LogP contribution in [0.15, 0.2) is 24.0 Å². The first kappa shape index (κ1) is 16.0. The van der Waals surface area contributed by atoms with Gasteiger partial charge in [0, 0.05) is 31.8 Å². The smallest absolute Gasteiger partial charge is 0.203 e. The predicted octanol–water partition coefficient (Wildman–Crippen LogP) is 1.66. The number of carbonyl (C=O) groups excluding carboxylic acids is 1. The van der Waals surface area contributed by atoms with Gasteiger partial charge < -0.3 is 24.4 Å². The summed E-state index contributed by atoms with van der Waals surface area (Å²) < 4.78 is 15.8. The number of methoxy groups -OCH3 is 3. The summed E-state index contributed by atoms with van der Waals surface area (Å²) in [4.78, 5) is 14.5. The fraction of sp³-hybridized carbons (Fsp3) is 0.438. The highest BCUT2D eigenvalue weighted by Crippen LogP contribution is 2.38. The Bertz CT molecular complexity index is 559. The van der Waals surface area contributed by atoms with Crippen molar-refractivity contribution >= 4 is 5.78 Å². The highest BCUT2D eigenvalue weighted by Gasteiger charge is 2.18. The van der Waals surface area contributed by atoms with E-state index in [0.717, 1.165) is 25.3 Å². The maximum atomic E-state index is 12.5. The summed E-state index contributed by atoms with van der Waals surface area (Å²) in [6.45, 7) is 1.81. The fourth-order valence-corrected chi connectivity index (χ4v) is 2.38. The molecule has 1 N–H and O–H groups in total. The molecule has 6 nitrogen and oxygen atoms in total. The zero-order valence-electron chi connectivity index (χ0n) is 13.4. The Hall–Kier alpha value is -2.37. The number of nitrogens with zero attached hydrogens (tertiary/aromatic N) is 1. The first-order valence-electron chi connectivity index (χ1n) is 7.11. The summed E-state index contributed by atoms with van der Waals surface area (Å²) in [7, 11) is 6.55. The molecule has 0 radical (unpaired) electrons. The van der Waals surface area contributed by atoms with Crippen LogP contribution in [0.5, 0.6) is 17.2 Å². The minimum absolute atomic E-state index is 0.115. The zero-order valence-corrected chi connectivity index (χ0v) is 13.4. The maximum absolute atomic E-state index is 12.5. The molecule has 1 aliphatic rings. The van der Waals surface area contributed by atoms with Crippen LogP contribution in [0.4, 0.5) is 0 Å². The van der Waals surface area contributed by atoms with E-state index in [1.807, 2.05) is 11.9 Å². The van der Waals surface area contributed by atoms with Gasteiger partial charge in [0.25, 0.3) is 0 Å². The Morgan fingerprint density at radius 1 is 1.18 bits per heavy atom. The summed E-state index contributed by atoms with van der Waals surface area (Å²) >= 11 is 0. The third-order valence-electron chi connectivity index (χ3n) is 3.60. The van der Waals surface area contributed by atoms with Crippen molar-refractivity contribution in [1.29, 1.82) is 0 Å². The van der Waals surface area contributed by atoms with Gasteiger partial charge in [0.05, 0.1) is 21.3 Å². The molecule has 0 unspecified atom stereocenters. The van der Waals surface area contributed by atoms with Crippen molar-refractivity contribution in [3.05, 3.63) is 29.6 Å². The fourth-order valence-electron chi connectivity index (χ4n) is 2.38. The van der Waals surface area contributed by atoms with Gasteiger partial charge in [-0.15, -0.1) is 0 Å². The molecule has 0 saturated carbocycles. The third kappa shape index (κ3) is 3.27. The molecule has 0 atom stereocenters. The van der Waals surface area contributed by atoms with Crippen LogP contribution >= 0.6 is 0 Å². The van der Waals surface area contributed by atoms with Crippen molar-refractivity contribution in [3.8, 4) is 17.2 Å². The second kappa shape index (κ2) is 7.06. The monoisotopic (exact) mass is 306 g/mol. The average molecular weight is 306 g/mol. The van der Waals surface area contributed by atoms with E-state index in [4.69, 9.17) is 14.2 Å². The van der Waals surface area contributed by atoms with Gasteiger partial charge in [-0.25, -0.2) is 0 Å². The molecule has 1 aromatic carbocycles. The van der Waals surface area contributed by atoms with Crippen LogP contribution < -0.4 is 19.5 Å². The Labute approximate surface area is 130 Å². The standard InChI is InChI=1S/C16H22N2O4/c1-18-7-5-6-17-15(18)10-12(19)11-8-13(20-2)16(22-4)14(9-11)21-3/h8-10,17H,5-7H2,1-4H3/b15-10+. The van der Waals surface area contributed by atoms with Gasteiger partial charge in [0.15, 0.2) is 17.3 Å². The van der Waals surface area contributed by atoms with Gasteiger partial charge in [-0.2, -0.15) is 0 Å². The Balaban J connectivity index is 2.35. The summed E-state index contributed by atoms with van der Waals surface area (Å²) in [6, 6.07) is 3.31. The molecule has 22 heavy (non-hydrogen) atoms. The van der Waals surface area contributed by atoms with Crippen LogP contribution in [0.3, 0.4) is 0 Å². The van der Waals surface area contributed by atoms with E-state index in [1.165, 1.54) is 21.3 Å². The number of ketones is 1. The second-order valence-electron chi connectivity index (χ2n) is 5.01. The molecule has 0 aromatic heterocycles. The molecule has 1 fully saturated rings. The molecule has 2 rings (SSSR count). The number of nitrogens with one attached hydrogen (secondary N) is 1. The van der Waals surface area contributed by atoms with Crippen molar-refractivity contribution < 1.29 is 19.0 Å². The van der Waals surface area contributed by atoms with E-state index in [1.54, 1.807) is 18.2 Å². The van der Waals surface area contributed by atoms with Crippen molar-refractivity contribution in [3.63, 3.8) is 0 Å². The van der Waals surface area contributed by atoms with E-state index < -0.39 is 0 Å². The van der Waals surface area contributed by atoms with Crippen LogP contribution in [0, 0.1) is 0 Å². The van der Waals surface area contributed by atoms with Gasteiger partial charge in [-0.05, 0) is 18.6 Å². The van der Waals surface area contributed by atoms with Crippen LogP contribution in [0.25, 0.3) is 0 Å². The minimum atomic E-state index is -0.115. The minimum Gasteiger partial charge on any atom is -0.493 e. The normalized spacial score (nSPS) is 16.2. The maximum Gasteiger partial charge on any atom is 0.203 e. The summed E-state index contributed by atoms with van der Waals surface area (Å²) in [6.07, 6.45) is 2.66. The van der Waals surface area contributed by atoms with Gasteiger partial charge in [-0.1, -0.05) is 0 Å². The number of benzene rings is 1. The van der Waals surface area contributed by atoms with Crippen LogP contribution in [0.1, 0.15) is 16.8 Å². The molecule has 120 valence electrons. The van der Waals surface area contributed by atoms with Gasteiger partial charge in [0.2, 0.25) is 5.75 Å². The lowest BCUT2D eigenvalue weighted by Crippen LogP contribution is -2.37. The molecular weight excluding hydrogens is 284 g/mol. The molecule has 1 aromatic rings. The third-order valence-corrected chi connectivity index (χ3v) is 3.60. The number of rotatable bonds is 5. The lowest BCUT2D eigenvalue weighted by molar-refractivity contribution is 0.104. The summed E-state index contributed by atoms with van der Waals surface area (Å²) in [5.41, 5.74) is 0.489. The molecule has 0 aliphatic carbocycles. The number of carbonyl (C=O) groups is 1. The van der Waals surface area contributed by atoms with Crippen LogP contribution in [-0.2, 0) is 0 Å². The topological polar surface area (TPSA) is 60.0 Å². The highest BCUT2D eigenvalue weighted by atomic mass is 16.5. The first-order valence-corrected chi connectivity index (χ1v) is 7.11. The average Bonchev–Trinajstić information content (AvgIpc) is 2.55. The molecule has 6 heteroatoms. The number of hydrogen-bond donors (Lipinski definition) is 1. The van der Waals surface area contributed by atoms with Gasteiger partial charge >= 0.3 is 0 Å². The van der Waals surface area contributed by atoms with E-state index >= 15 is 0 Å². The van der Waals surface area contributed by atoms with Crippen molar-refractivity contribution in [2.45, 2.75) is 6.42 Å². The molecule has 1 heterocycles. The van der Waals surface area contributed by atoms with Gasteiger partial charge in [-0.3, -0.25) is 4.79 Å². The Kier molecular flexibility index (Phi) is 5.14. The summed E-state index contributed by atoms with van der Waals surface area (Å²) in [5, 5.41) is 3.23. The van der Waals surface area contributed by atoms with Crippen LogP contribution in [0.2, 0.25) is 0 Å². The van der Waals surface area contributed by atoms with E-state index in [2.05, 4.69) is 5.32 Å². The van der Waals surface area contributed by atoms with E-state index in [-0.39, 0.29) is 5.78 Å². The number of allylic oxidation sites excluding steroid dienone is 1. The largest absolute Gasteiger partial charge is 0.493 e. The highest BCUT2D eigenvalue weighted by molar-refractivity contribution is 6.05. The molecule has 1 saturated heterocycles. The van der Waals surface area contributed by atoms with E-state index in [0.29, 0.717) is 22.8 Å². The number of ether oxygens (including phenoxy) is 3. The van der Waals surface area contributed by atoms with E-state index in [9.17, 15) is 4.79 Å². The van der Waals surface area contributed by atoms with Gasteiger partial charge in [0.1, 0.15) is 5.82 Å². The first-order chi connectivity index (χ1) is 10.6. The van der Waals surface area contributed by atoms with Crippen molar-refractivity contribution in [2.75, 3.05) is 41.5 Å². The Morgan fingerprint density at radius 2 is 1.82 bits per heavy atom. The van der Waals surface area contributed by atoms with Crippen molar-refractivity contribution in [2.24, 2.45) is 0 Å². The molecular formula is C16H22N2O4. The lowest BCUT2D eigenvalue weighted by atomic mass is 10.1. The second-order valence-corrected chi connectivity index (χ2v) is 5.01. The molecule has 0 amide bonds. The quantitative estimate of drug-likeness (QED) is 0.659. The molecule has 0 spiro atoms. The molecule has 1 aliphatic heterocycles. The predicted molar refractivity (Wildman–Crippen MR) is 83.8 cm³/mol. The molecule has 0 bridgehead atoms. The summed E-state index contributed by atoms with van der Waals surface area (Å²) in [5.74, 6) is 2.12. The SMILES string of the molecule is COc1cc(C(=O)/C=C2\NCCCN2C)cc(OC)c1OC. The van der Waals surface area contributed by atoms with Crippen LogP contribution in [-0.4, -0.2) is 52.1 Å². The Morgan fingerprint density at radius 3 is 2.32 bits per heavy atom. The zero-order chi connectivity index (χ0) is 16.1. The lowest BCUT2D eigenvalue weighted by Gasteiger charge is -2.28. The number of hydrogen-bond acceptors (Lipinski definition) is 6. The van der Waals surface area contributed by atoms with Crippen molar-refractivity contribution in [1.82, 2.24) is 10.2 Å².